The van der Waals surface area contributed by atoms with Gasteiger partial charge < -0.3 is 0 Å². The molecule has 0 saturated heterocycles. The highest BCUT2D eigenvalue weighted by atomic mass is 35.7. The van der Waals surface area contributed by atoms with Crippen LogP contribution < -0.4 is 0 Å². The molecule has 1 atom stereocenters. The van der Waals surface area contributed by atoms with Crippen LogP contribution in [-0.2, 0) is 4.57 Å². The molecule has 9 heavy (non-hydrogen) atoms. The summed E-state index contributed by atoms with van der Waals surface area (Å²) in [6.07, 6.45) is 0. The number of rotatable bonds is 2. The molecule has 0 bridgehead atoms. The average molecular weight is 170 g/mol. The molecule has 1 unspecified atom stereocenters. The first-order chi connectivity index (χ1) is 3.89. The van der Waals surface area contributed by atoms with E-state index in [1.807, 2.05) is 13.8 Å². The molecule has 0 rings (SSSR count). The zero-order valence-electron chi connectivity index (χ0n) is 6.26. The van der Waals surface area contributed by atoms with Crippen molar-refractivity contribution in [1.82, 2.24) is 4.67 Å². The monoisotopic (exact) mass is 169 g/mol. The van der Waals surface area contributed by atoms with Crippen molar-refractivity contribution < 1.29 is 4.57 Å². The lowest BCUT2D eigenvalue weighted by atomic mass is 10.6. The van der Waals surface area contributed by atoms with E-state index in [0.29, 0.717) is 0 Å². The molecule has 2 nitrogen and oxygen atoms in total. The van der Waals surface area contributed by atoms with Crippen LogP contribution in [0.25, 0.3) is 0 Å². The van der Waals surface area contributed by atoms with Crippen LogP contribution in [0.4, 0.5) is 0 Å². The van der Waals surface area contributed by atoms with E-state index in [2.05, 4.69) is 0 Å². The summed E-state index contributed by atoms with van der Waals surface area (Å²) in [5, 5.41) is 0. The highest BCUT2D eigenvalue weighted by Crippen LogP contribution is 2.56. The highest BCUT2D eigenvalue weighted by molar-refractivity contribution is 7.87. The van der Waals surface area contributed by atoms with Crippen molar-refractivity contribution in [3.05, 3.63) is 0 Å². The SMILES string of the molecule is CC(C)P(=O)(Cl)N(C)C. The maximum absolute atomic E-state index is 11.3. The van der Waals surface area contributed by atoms with E-state index in [1.54, 1.807) is 18.8 Å². The van der Waals surface area contributed by atoms with Gasteiger partial charge in [0.1, 0.15) is 0 Å². The summed E-state index contributed by atoms with van der Waals surface area (Å²) >= 11 is 5.69. The first-order valence-electron chi connectivity index (χ1n) is 2.86. The first kappa shape index (κ1) is 9.48. The van der Waals surface area contributed by atoms with Crippen LogP contribution in [0, 0.1) is 0 Å². The van der Waals surface area contributed by atoms with Crippen LogP contribution in [0.3, 0.4) is 0 Å². The van der Waals surface area contributed by atoms with E-state index in [4.69, 9.17) is 11.2 Å². The van der Waals surface area contributed by atoms with Crippen LogP contribution in [0.1, 0.15) is 13.8 Å². The van der Waals surface area contributed by atoms with Gasteiger partial charge in [-0.2, -0.15) is 0 Å². The van der Waals surface area contributed by atoms with Gasteiger partial charge in [-0.3, -0.25) is 4.57 Å². The molecular formula is C5H13ClNOP. The number of hydrogen-bond acceptors (Lipinski definition) is 1. The van der Waals surface area contributed by atoms with Gasteiger partial charge in [-0.1, -0.05) is 13.8 Å². The first-order valence-corrected chi connectivity index (χ1v) is 5.49. The Bertz CT molecular complexity index is 123. The topological polar surface area (TPSA) is 20.3 Å². The molecule has 0 aliphatic rings. The summed E-state index contributed by atoms with van der Waals surface area (Å²) in [6, 6.07) is 0. The zero-order valence-corrected chi connectivity index (χ0v) is 7.91. The quantitative estimate of drug-likeness (QED) is 0.592. The molecular weight excluding hydrogens is 156 g/mol. The summed E-state index contributed by atoms with van der Waals surface area (Å²) < 4.78 is 12.9. The molecule has 4 heteroatoms. The smallest absolute Gasteiger partial charge is 0.236 e. The maximum atomic E-state index is 11.3. The molecule has 0 amide bonds. The van der Waals surface area contributed by atoms with E-state index in [9.17, 15) is 4.57 Å². The predicted molar refractivity (Wildman–Crippen MR) is 42.3 cm³/mol. The predicted octanol–water partition coefficient (Wildman–Crippen LogP) is 2.39. The van der Waals surface area contributed by atoms with E-state index in [1.165, 1.54) is 0 Å². The maximum Gasteiger partial charge on any atom is 0.236 e. The average Bonchev–Trinajstić information content (AvgIpc) is 1.65. The summed E-state index contributed by atoms with van der Waals surface area (Å²) in [5.41, 5.74) is 0.0363. The van der Waals surface area contributed by atoms with Crippen molar-refractivity contribution in [2.75, 3.05) is 14.1 Å². The van der Waals surface area contributed by atoms with Gasteiger partial charge in [0.05, 0.1) is 0 Å². The Labute approximate surface area is 61.4 Å². The van der Waals surface area contributed by atoms with Gasteiger partial charge in [0, 0.05) is 5.66 Å². The van der Waals surface area contributed by atoms with Gasteiger partial charge >= 0.3 is 0 Å². The second-order valence-electron chi connectivity index (χ2n) is 2.49. The third kappa shape index (κ3) is 2.29. The second-order valence-corrected chi connectivity index (χ2v) is 6.86. The Morgan fingerprint density at radius 3 is 1.78 bits per heavy atom. The van der Waals surface area contributed by atoms with Gasteiger partial charge in [-0.25, -0.2) is 4.67 Å². The van der Waals surface area contributed by atoms with Gasteiger partial charge in [-0.15, -0.1) is 0 Å². The minimum atomic E-state index is -2.53. The minimum absolute atomic E-state index is 0.0363. The molecule has 0 radical (unpaired) electrons. The Morgan fingerprint density at radius 2 is 1.78 bits per heavy atom. The standard InChI is InChI=1S/C5H13ClNOP/c1-5(2)9(6,8)7(3)4/h5H,1-4H3. The van der Waals surface area contributed by atoms with Crippen molar-refractivity contribution in [3.63, 3.8) is 0 Å². The molecule has 0 aliphatic carbocycles. The van der Waals surface area contributed by atoms with Crippen molar-refractivity contribution in [2.24, 2.45) is 0 Å². The number of nitrogens with zero attached hydrogens (tertiary/aromatic N) is 1. The fourth-order valence-corrected chi connectivity index (χ4v) is 1.39. The molecule has 0 fully saturated rings. The van der Waals surface area contributed by atoms with Gasteiger partial charge in [0.15, 0.2) is 0 Å². The third-order valence-corrected chi connectivity index (χ3v) is 5.63. The van der Waals surface area contributed by atoms with Crippen molar-refractivity contribution in [3.8, 4) is 0 Å². The largest absolute Gasteiger partial charge is 0.289 e. The number of halogens is 1. The third-order valence-electron chi connectivity index (χ3n) is 1.18. The van der Waals surface area contributed by atoms with Crippen molar-refractivity contribution in [2.45, 2.75) is 19.5 Å². The summed E-state index contributed by atoms with van der Waals surface area (Å²) in [5.74, 6) is 0. The highest BCUT2D eigenvalue weighted by Gasteiger charge is 2.25. The van der Waals surface area contributed by atoms with E-state index in [0.717, 1.165) is 0 Å². The molecule has 0 aromatic rings. The van der Waals surface area contributed by atoms with E-state index in [-0.39, 0.29) is 5.66 Å². The van der Waals surface area contributed by atoms with Gasteiger partial charge in [0.2, 0.25) is 6.65 Å². The molecule has 0 N–H and O–H groups in total. The Morgan fingerprint density at radius 1 is 1.44 bits per heavy atom. The lowest BCUT2D eigenvalue weighted by Gasteiger charge is -2.20. The van der Waals surface area contributed by atoms with Gasteiger partial charge in [-0.05, 0) is 25.3 Å². The second kappa shape index (κ2) is 3.05. The van der Waals surface area contributed by atoms with Crippen LogP contribution in [-0.4, -0.2) is 24.4 Å². The fourth-order valence-electron chi connectivity index (χ4n) is 0.462. The van der Waals surface area contributed by atoms with Crippen LogP contribution in [0.2, 0.25) is 0 Å². The van der Waals surface area contributed by atoms with Gasteiger partial charge in [0.25, 0.3) is 0 Å². The molecule has 0 aliphatic heterocycles. The molecule has 0 aromatic carbocycles. The zero-order chi connectivity index (χ0) is 7.65. The molecule has 0 spiro atoms. The van der Waals surface area contributed by atoms with E-state index < -0.39 is 6.65 Å². The molecule has 0 heterocycles. The molecule has 56 valence electrons. The fraction of sp³-hybridized carbons (Fsp3) is 1.00. The van der Waals surface area contributed by atoms with Crippen molar-refractivity contribution >= 4 is 17.9 Å². The minimum Gasteiger partial charge on any atom is -0.289 e. The van der Waals surface area contributed by atoms with Crippen LogP contribution >= 0.6 is 17.9 Å². The molecule has 0 saturated carbocycles. The van der Waals surface area contributed by atoms with Crippen LogP contribution in [0.5, 0.6) is 0 Å². The van der Waals surface area contributed by atoms with Crippen LogP contribution in [0.15, 0.2) is 0 Å². The summed E-state index contributed by atoms with van der Waals surface area (Å²) in [4.78, 5) is 0. The summed E-state index contributed by atoms with van der Waals surface area (Å²) in [6.45, 7) is 1.18. The Balaban J connectivity index is 4.21. The Kier molecular flexibility index (Phi) is 3.21. The molecule has 0 aromatic heterocycles. The lowest BCUT2D eigenvalue weighted by Crippen LogP contribution is -2.10. The van der Waals surface area contributed by atoms with Crippen molar-refractivity contribution in [1.29, 1.82) is 0 Å². The van der Waals surface area contributed by atoms with E-state index >= 15 is 0 Å². The Hall–Kier alpha value is 0.480. The summed E-state index contributed by atoms with van der Waals surface area (Å²) in [7, 11) is 3.46. The number of hydrogen-bond donors (Lipinski definition) is 0. The lowest BCUT2D eigenvalue weighted by molar-refractivity contribution is 0.521. The normalized spacial score (nSPS) is 18.6.